The van der Waals surface area contributed by atoms with Crippen LogP contribution in [0.3, 0.4) is 0 Å². The minimum Gasteiger partial charge on any atom is -0.312 e. The SMILES string of the molecule is C/C1=C/CCN2C(=O)NC(=NC3CCCCC3)C23CCN(CC3)Cc2ccc1cc2.C=C1CCCN2C(=O)NC(=NC3CCCCC3)C23CCN(CC3)Cc2ccc1cc2. The molecule has 14 aliphatic rings. The normalized spacial score (nSPS) is 32.4. The van der Waals surface area contributed by atoms with Crippen LogP contribution in [0.15, 0.2) is 71.2 Å². The average molecular weight is 813 g/mol. The number of allylic oxidation sites excluding steroid dienone is 2. The third-order valence-electron chi connectivity index (χ3n) is 15.2. The molecule has 10 heteroatoms. The molecule has 16 rings (SSSR count). The molecule has 0 radical (unpaired) electrons. The van der Waals surface area contributed by atoms with E-state index in [1.165, 1.54) is 79.2 Å². The predicted molar refractivity (Wildman–Crippen MR) is 243 cm³/mol. The van der Waals surface area contributed by atoms with Gasteiger partial charge in [-0.1, -0.05) is 99.7 Å². The first-order valence-corrected chi connectivity index (χ1v) is 23.6. The monoisotopic (exact) mass is 813 g/mol. The van der Waals surface area contributed by atoms with Gasteiger partial charge in [-0.2, -0.15) is 0 Å². The highest BCUT2D eigenvalue weighted by molar-refractivity contribution is 6.11. The van der Waals surface area contributed by atoms with Gasteiger partial charge in [-0.05, 0) is 111 Å². The summed E-state index contributed by atoms with van der Waals surface area (Å²) in [5, 5.41) is 6.43. The van der Waals surface area contributed by atoms with Crippen molar-refractivity contribution in [2.75, 3.05) is 39.3 Å². The molecular formula is C50H68N8O2. The molecule has 0 aromatic heterocycles. The molecule has 6 fully saturated rings. The molecule has 8 bridgehead atoms. The van der Waals surface area contributed by atoms with Crippen LogP contribution >= 0.6 is 0 Å². The second-order valence-corrected chi connectivity index (χ2v) is 19.1. The van der Waals surface area contributed by atoms with Crippen LogP contribution in [0.5, 0.6) is 0 Å². The van der Waals surface area contributed by atoms with Crippen molar-refractivity contribution in [3.63, 3.8) is 0 Å². The number of aliphatic imine (C=N–C) groups is 2. The molecular weight excluding hydrogens is 745 g/mol. The fourth-order valence-corrected chi connectivity index (χ4v) is 11.5. The first-order chi connectivity index (χ1) is 29.3. The number of amides is 4. The Labute approximate surface area is 358 Å². The van der Waals surface area contributed by atoms with Gasteiger partial charge in [-0.25, -0.2) is 9.59 Å². The third-order valence-corrected chi connectivity index (χ3v) is 15.2. The first kappa shape index (κ1) is 41.1. The summed E-state index contributed by atoms with van der Waals surface area (Å²) in [6, 6.07) is 18.8. The van der Waals surface area contributed by atoms with Gasteiger partial charge < -0.3 is 9.80 Å². The van der Waals surface area contributed by atoms with Gasteiger partial charge in [-0.15, -0.1) is 0 Å². The molecule has 2 aromatic carbocycles. The lowest BCUT2D eigenvalue weighted by Crippen LogP contribution is -2.56. The minimum absolute atomic E-state index is 0.0547. The van der Waals surface area contributed by atoms with Crippen LogP contribution in [0, 0.1) is 0 Å². The Morgan fingerprint density at radius 1 is 0.583 bits per heavy atom. The van der Waals surface area contributed by atoms with E-state index in [-0.39, 0.29) is 23.1 Å². The van der Waals surface area contributed by atoms with Crippen molar-refractivity contribution in [1.29, 1.82) is 0 Å². The fraction of sp³-hybridized carbons (Fsp3) is 0.600. The maximum atomic E-state index is 13.1. The van der Waals surface area contributed by atoms with Gasteiger partial charge in [0.2, 0.25) is 0 Å². The molecule has 10 nitrogen and oxygen atoms in total. The van der Waals surface area contributed by atoms with E-state index in [2.05, 4.69) is 98.3 Å². The summed E-state index contributed by atoms with van der Waals surface area (Å²) in [6.07, 6.45) is 21.3. The van der Waals surface area contributed by atoms with Crippen molar-refractivity contribution in [2.45, 2.75) is 152 Å². The van der Waals surface area contributed by atoms with Gasteiger partial charge in [0.1, 0.15) is 22.7 Å². The van der Waals surface area contributed by atoms with Gasteiger partial charge in [-0.3, -0.25) is 30.4 Å². The van der Waals surface area contributed by atoms with E-state index in [1.54, 1.807) is 0 Å². The summed E-state index contributed by atoms with van der Waals surface area (Å²) in [5.74, 6) is 1.93. The van der Waals surface area contributed by atoms with E-state index >= 15 is 0 Å². The number of hydrogen-bond acceptors (Lipinski definition) is 6. The van der Waals surface area contributed by atoms with E-state index in [1.807, 2.05) is 0 Å². The Morgan fingerprint density at radius 2 is 1.03 bits per heavy atom. The molecule has 320 valence electrons. The number of hydrogen-bond donors (Lipinski definition) is 2. The van der Waals surface area contributed by atoms with Gasteiger partial charge >= 0.3 is 12.1 Å². The Kier molecular flexibility index (Phi) is 12.3. The summed E-state index contributed by atoms with van der Waals surface area (Å²) >= 11 is 0. The third kappa shape index (κ3) is 8.61. The van der Waals surface area contributed by atoms with E-state index in [9.17, 15) is 9.59 Å². The lowest BCUT2D eigenvalue weighted by Gasteiger charge is -2.44. The zero-order chi connectivity index (χ0) is 41.1. The second-order valence-electron chi connectivity index (χ2n) is 19.1. The predicted octanol–water partition coefficient (Wildman–Crippen LogP) is 9.17. The van der Waals surface area contributed by atoms with E-state index in [0.29, 0.717) is 12.1 Å². The van der Waals surface area contributed by atoms with Crippen LogP contribution in [0.25, 0.3) is 11.1 Å². The summed E-state index contributed by atoms with van der Waals surface area (Å²) < 4.78 is 0. The number of amidine groups is 2. The van der Waals surface area contributed by atoms with Crippen molar-refractivity contribution in [3.05, 3.63) is 83.4 Å². The summed E-state index contributed by atoms with van der Waals surface area (Å²) in [5.41, 5.74) is 7.19. The Bertz CT molecular complexity index is 1960. The van der Waals surface area contributed by atoms with Crippen LogP contribution < -0.4 is 10.6 Å². The number of rotatable bonds is 2. The maximum absolute atomic E-state index is 13.1. The largest absolute Gasteiger partial charge is 0.323 e. The summed E-state index contributed by atoms with van der Waals surface area (Å²) in [7, 11) is 0. The average Bonchev–Trinajstić information content (AvgIpc) is 3.67. The molecule has 2 aromatic rings. The lowest BCUT2D eigenvalue weighted by molar-refractivity contribution is 0.0989. The van der Waals surface area contributed by atoms with Crippen molar-refractivity contribution in [2.24, 2.45) is 9.98 Å². The van der Waals surface area contributed by atoms with Crippen LogP contribution in [-0.2, 0) is 13.1 Å². The highest BCUT2D eigenvalue weighted by Gasteiger charge is 2.53. The summed E-state index contributed by atoms with van der Waals surface area (Å²) in [6.45, 7) is 14.0. The highest BCUT2D eigenvalue weighted by Crippen LogP contribution is 2.38. The van der Waals surface area contributed by atoms with E-state index < -0.39 is 0 Å². The van der Waals surface area contributed by atoms with Crippen molar-refractivity contribution in [1.82, 2.24) is 30.2 Å². The number of benzene rings is 2. The number of carbonyl (C=O) groups excluding carboxylic acids is 2. The van der Waals surface area contributed by atoms with Crippen molar-refractivity contribution in [3.8, 4) is 0 Å². The molecule has 0 unspecified atom stereocenters. The fourth-order valence-electron chi connectivity index (χ4n) is 11.5. The number of carbonyl (C=O) groups is 2. The molecule has 60 heavy (non-hydrogen) atoms. The van der Waals surface area contributed by atoms with Crippen LogP contribution in [0.2, 0.25) is 0 Å². The number of nitrogens with zero attached hydrogens (tertiary/aromatic N) is 6. The molecule has 2 saturated carbocycles. The molecule has 2 aliphatic carbocycles. The molecule has 2 spiro atoms. The summed E-state index contributed by atoms with van der Waals surface area (Å²) in [4.78, 5) is 45.7. The number of nitrogens with one attached hydrogen (secondary N) is 2. The lowest BCUT2D eigenvalue weighted by atomic mass is 9.84. The van der Waals surface area contributed by atoms with Gasteiger partial charge in [0.25, 0.3) is 0 Å². The van der Waals surface area contributed by atoms with Gasteiger partial charge in [0, 0.05) is 52.4 Å². The maximum Gasteiger partial charge on any atom is 0.323 e. The van der Waals surface area contributed by atoms with Gasteiger partial charge in [0.05, 0.1) is 12.1 Å². The molecule has 4 amide bonds. The molecule has 0 atom stereocenters. The number of piperidine rings is 2. The minimum atomic E-state index is -0.237. The molecule has 12 heterocycles. The zero-order valence-electron chi connectivity index (χ0n) is 36.2. The van der Waals surface area contributed by atoms with Gasteiger partial charge in [0.15, 0.2) is 0 Å². The van der Waals surface area contributed by atoms with Crippen LogP contribution in [0.4, 0.5) is 9.59 Å². The Hall–Kier alpha value is -4.28. The standard InChI is InChI=1S/2C25H34N4O/c2*1-19-6-5-15-29-24(30)27-23(26-22-7-3-2-4-8-22)25(29)13-16-28(17-14-25)18-20-9-11-21(19)12-10-20/h6,9-12,22H,2-5,7-8,13-18H2,1H3,(H,26,27,30);9-12,22H,1-8,13-18H2,(H,26,27,30)/b19-6-;. The molecule has 4 saturated heterocycles. The van der Waals surface area contributed by atoms with Crippen molar-refractivity contribution >= 4 is 34.9 Å². The quantitative estimate of drug-likeness (QED) is 0.316. The van der Waals surface area contributed by atoms with E-state index in [4.69, 9.17) is 9.98 Å². The topological polar surface area (TPSA) is 95.9 Å². The smallest absolute Gasteiger partial charge is 0.312 e. The molecule has 2 N–H and O–H groups in total. The first-order valence-electron chi connectivity index (χ1n) is 23.6. The molecule has 12 aliphatic heterocycles. The van der Waals surface area contributed by atoms with Crippen molar-refractivity contribution < 1.29 is 9.59 Å². The Balaban J connectivity index is 0.000000154. The number of urea groups is 2. The van der Waals surface area contributed by atoms with E-state index in [0.717, 1.165) is 127 Å². The van der Waals surface area contributed by atoms with Crippen LogP contribution in [-0.4, -0.2) is 106 Å². The highest BCUT2D eigenvalue weighted by atomic mass is 16.2. The second kappa shape index (κ2) is 18.0. The Morgan fingerprint density at radius 3 is 1.52 bits per heavy atom. The van der Waals surface area contributed by atoms with Crippen LogP contribution in [0.1, 0.15) is 138 Å². The zero-order valence-corrected chi connectivity index (χ0v) is 36.2.